The number of carbonyl (C=O) groups excluding carboxylic acids is 3. The number of likely N-dealkylation sites (tertiary alicyclic amines) is 1. The van der Waals surface area contributed by atoms with Crippen molar-refractivity contribution >= 4 is 17.8 Å². The van der Waals surface area contributed by atoms with Gasteiger partial charge in [0.05, 0.1) is 17.0 Å². The third-order valence-electron chi connectivity index (χ3n) is 5.67. The average Bonchev–Trinajstić information content (AvgIpc) is 3.23. The lowest BCUT2D eigenvalue weighted by Crippen LogP contribution is -2.37. The Bertz CT molecular complexity index is 892. The minimum Gasteiger partial charge on any atom is -0.329 e. The number of rotatable bonds is 6. The summed E-state index contributed by atoms with van der Waals surface area (Å²) in [7, 11) is 0. The molecule has 4 rings (SSSR count). The van der Waals surface area contributed by atoms with Gasteiger partial charge in [0.25, 0.3) is 11.8 Å². The minimum atomic E-state index is -0.579. The molecule has 2 aromatic rings. The van der Waals surface area contributed by atoms with Crippen LogP contribution in [0.2, 0.25) is 0 Å². The van der Waals surface area contributed by atoms with Crippen LogP contribution in [0.15, 0.2) is 54.6 Å². The van der Waals surface area contributed by atoms with Crippen LogP contribution >= 0.6 is 0 Å². The van der Waals surface area contributed by atoms with Crippen LogP contribution in [0, 0.1) is 11.8 Å². The summed E-state index contributed by atoms with van der Waals surface area (Å²) in [5.74, 6) is -1.88. The molecular weight excluding hydrogens is 368 g/mol. The lowest BCUT2D eigenvalue weighted by molar-refractivity contribution is -0.174. The maximum absolute atomic E-state index is 12.9. The lowest BCUT2D eigenvalue weighted by atomic mass is 9.92. The van der Waals surface area contributed by atoms with Crippen LogP contribution in [0.25, 0.3) is 0 Å². The fraction of sp³-hybridized carbons (Fsp3) is 0.348. The fourth-order valence-electron chi connectivity index (χ4n) is 4.27. The van der Waals surface area contributed by atoms with Crippen LogP contribution in [0.5, 0.6) is 0 Å². The number of carbonyl (C=O) groups is 3. The topological polar surface area (TPSA) is 66.9 Å². The zero-order chi connectivity index (χ0) is 20.4. The summed E-state index contributed by atoms with van der Waals surface area (Å²) in [5.41, 5.74) is 1.73. The van der Waals surface area contributed by atoms with Gasteiger partial charge in [0.15, 0.2) is 0 Å². The van der Waals surface area contributed by atoms with Gasteiger partial charge in [-0.2, -0.15) is 0 Å². The highest BCUT2D eigenvalue weighted by Gasteiger charge is 2.43. The number of fused-ring (bicyclic) bond motifs is 1. The first-order chi connectivity index (χ1) is 14.1. The van der Waals surface area contributed by atoms with Crippen LogP contribution in [-0.2, 0) is 16.2 Å². The summed E-state index contributed by atoms with van der Waals surface area (Å²) in [6, 6.07) is 16.6. The van der Waals surface area contributed by atoms with Crippen molar-refractivity contribution in [2.75, 3.05) is 13.1 Å². The van der Waals surface area contributed by atoms with E-state index in [2.05, 4.69) is 24.0 Å². The molecule has 2 aliphatic rings. The lowest BCUT2D eigenvalue weighted by Gasteiger charge is -2.19. The molecule has 0 spiro atoms. The summed E-state index contributed by atoms with van der Waals surface area (Å²) in [4.78, 5) is 45.5. The first kappa shape index (κ1) is 19.3. The zero-order valence-electron chi connectivity index (χ0n) is 16.4. The van der Waals surface area contributed by atoms with Crippen LogP contribution in [0.3, 0.4) is 0 Å². The van der Waals surface area contributed by atoms with Crippen molar-refractivity contribution in [1.82, 2.24) is 9.96 Å². The predicted molar refractivity (Wildman–Crippen MR) is 107 cm³/mol. The Balaban J connectivity index is 1.45. The number of amides is 2. The second-order valence-electron chi connectivity index (χ2n) is 7.70. The second kappa shape index (κ2) is 8.17. The molecule has 6 nitrogen and oxygen atoms in total. The number of hydrogen-bond acceptors (Lipinski definition) is 5. The molecule has 0 N–H and O–H groups in total. The molecule has 2 amide bonds. The summed E-state index contributed by atoms with van der Waals surface area (Å²) in [6.07, 6.45) is 1.85. The SMILES string of the molecule is CCC[C@@H]1CN(Cc2ccccc2)C[C@H]1C(=O)ON1C(=O)c2ccccc2C1=O. The Morgan fingerprint density at radius 2 is 1.59 bits per heavy atom. The fourth-order valence-corrected chi connectivity index (χ4v) is 4.27. The largest absolute Gasteiger partial charge is 0.337 e. The van der Waals surface area contributed by atoms with E-state index in [1.807, 2.05) is 18.2 Å². The van der Waals surface area contributed by atoms with Crippen molar-refractivity contribution in [3.8, 4) is 0 Å². The van der Waals surface area contributed by atoms with E-state index >= 15 is 0 Å². The second-order valence-corrected chi connectivity index (χ2v) is 7.70. The number of hydroxylamine groups is 2. The van der Waals surface area contributed by atoms with Crippen LogP contribution in [0.4, 0.5) is 0 Å². The summed E-state index contributed by atoms with van der Waals surface area (Å²) in [5, 5.41) is 0.621. The number of hydrogen-bond donors (Lipinski definition) is 0. The first-order valence-electron chi connectivity index (χ1n) is 10.0. The van der Waals surface area contributed by atoms with Gasteiger partial charge in [-0.15, -0.1) is 0 Å². The van der Waals surface area contributed by atoms with Crippen molar-refractivity contribution in [2.24, 2.45) is 11.8 Å². The van der Waals surface area contributed by atoms with E-state index in [4.69, 9.17) is 4.84 Å². The van der Waals surface area contributed by atoms with E-state index in [1.165, 1.54) is 5.56 Å². The van der Waals surface area contributed by atoms with E-state index < -0.39 is 17.8 Å². The molecule has 6 heteroatoms. The summed E-state index contributed by atoms with van der Waals surface area (Å²) < 4.78 is 0. The molecule has 0 bridgehead atoms. The Morgan fingerprint density at radius 1 is 0.966 bits per heavy atom. The van der Waals surface area contributed by atoms with Gasteiger partial charge >= 0.3 is 5.97 Å². The average molecular weight is 392 g/mol. The van der Waals surface area contributed by atoms with Gasteiger partial charge in [0, 0.05) is 19.6 Å². The number of nitrogens with zero attached hydrogens (tertiary/aromatic N) is 2. The van der Waals surface area contributed by atoms with Gasteiger partial charge in [-0.05, 0) is 30.0 Å². The Hall–Kier alpha value is -2.99. The quantitative estimate of drug-likeness (QED) is 0.706. The van der Waals surface area contributed by atoms with Crippen LogP contribution < -0.4 is 0 Å². The van der Waals surface area contributed by atoms with Crippen LogP contribution in [-0.4, -0.2) is 40.8 Å². The highest BCUT2D eigenvalue weighted by Crippen LogP contribution is 2.31. The van der Waals surface area contributed by atoms with Gasteiger partial charge in [-0.25, -0.2) is 4.79 Å². The van der Waals surface area contributed by atoms with Crippen molar-refractivity contribution in [1.29, 1.82) is 0 Å². The molecule has 0 aromatic heterocycles. The Kier molecular flexibility index (Phi) is 5.45. The summed E-state index contributed by atoms with van der Waals surface area (Å²) in [6.45, 7) is 4.20. The molecule has 1 fully saturated rings. The Morgan fingerprint density at radius 3 is 2.21 bits per heavy atom. The number of imide groups is 1. The highest BCUT2D eigenvalue weighted by atomic mass is 16.7. The smallest absolute Gasteiger partial charge is 0.329 e. The van der Waals surface area contributed by atoms with Gasteiger partial charge in [0.1, 0.15) is 0 Å². The van der Waals surface area contributed by atoms with Gasteiger partial charge in [-0.1, -0.05) is 60.9 Å². The molecule has 29 heavy (non-hydrogen) atoms. The number of benzene rings is 2. The molecule has 0 unspecified atom stereocenters. The highest BCUT2D eigenvalue weighted by molar-refractivity contribution is 6.20. The van der Waals surface area contributed by atoms with E-state index in [9.17, 15) is 14.4 Å². The first-order valence-corrected chi connectivity index (χ1v) is 10.0. The molecular formula is C23H24N2O4. The third kappa shape index (κ3) is 3.80. The zero-order valence-corrected chi connectivity index (χ0v) is 16.4. The van der Waals surface area contributed by atoms with Crippen molar-refractivity contribution < 1.29 is 19.2 Å². The molecule has 2 heterocycles. The predicted octanol–water partition coefficient (Wildman–Crippen LogP) is 3.29. The standard InChI is InChI=1S/C23H24N2O4/c1-2-8-17-14-24(13-16-9-4-3-5-10-16)15-20(17)23(28)29-25-21(26)18-11-6-7-12-19(18)22(25)27/h3-7,9-12,17,20H,2,8,13-15H2,1H3/t17-,20-/m1/s1. The molecule has 0 aliphatic carbocycles. The van der Waals surface area contributed by atoms with E-state index in [0.717, 1.165) is 25.9 Å². The molecule has 1 saturated heterocycles. The van der Waals surface area contributed by atoms with Gasteiger partial charge in [-0.3, -0.25) is 14.5 Å². The molecule has 0 saturated carbocycles. The maximum atomic E-state index is 12.9. The molecule has 2 atom stereocenters. The van der Waals surface area contributed by atoms with E-state index in [1.54, 1.807) is 24.3 Å². The van der Waals surface area contributed by atoms with E-state index in [0.29, 0.717) is 11.6 Å². The molecule has 0 radical (unpaired) electrons. The maximum Gasteiger partial charge on any atom is 0.337 e. The van der Waals surface area contributed by atoms with Crippen molar-refractivity contribution in [3.63, 3.8) is 0 Å². The molecule has 2 aromatic carbocycles. The summed E-state index contributed by atoms with van der Waals surface area (Å²) >= 11 is 0. The molecule has 2 aliphatic heterocycles. The normalized spacial score (nSPS) is 21.5. The van der Waals surface area contributed by atoms with E-state index in [-0.39, 0.29) is 23.0 Å². The monoisotopic (exact) mass is 392 g/mol. The minimum absolute atomic E-state index is 0.145. The van der Waals surface area contributed by atoms with Crippen LogP contribution in [0.1, 0.15) is 46.0 Å². The van der Waals surface area contributed by atoms with Crippen molar-refractivity contribution in [3.05, 3.63) is 71.3 Å². The van der Waals surface area contributed by atoms with Crippen molar-refractivity contribution in [2.45, 2.75) is 26.3 Å². The van der Waals surface area contributed by atoms with Gasteiger partial charge in [0.2, 0.25) is 0 Å². The van der Waals surface area contributed by atoms with Gasteiger partial charge < -0.3 is 4.84 Å². The third-order valence-corrected chi connectivity index (χ3v) is 5.67. The Labute approximate surface area is 170 Å². The molecule has 150 valence electrons.